The third-order valence-corrected chi connectivity index (χ3v) is 2.90. The first-order valence-corrected chi connectivity index (χ1v) is 6.39. The Balaban J connectivity index is 2.61. The van der Waals surface area contributed by atoms with Crippen LogP contribution in [0.1, 0.15) is 5.56 Å². The van der Waals surface area contributed by atoms with Crippen LogP contribution in [0.5, 0.6) is 5.75 Å². The maximum Gasteiger partial charge on any atom is 0.416 e. The Hall–Kier alpha value is -1.28. The van der Waals surface area contributed by atoms with E-state index in [1.807, 2.05) is 0 Å². The lowest BCUT2D eigenvalue weighted by Gasteiger charge is -2.12. The van der Waals surface area contributed by atoms with Crippen LogP contribution in [0.25, 0.3) is 0 Å². The molecule has 0 spiro atoms. The Morgan fingerprint density at radius 2 is 2.10 bits per heavy atom. The van der Waals surface area contributed by atoms with Crippen LogP contribution < -0.4 is 10.1 Å². The maximum absolute atomic E-state index is 12.5. The number of amides is 1. The van der Waals surface area contributed by atoms with Gasteiger partial charge in [-0.3, -0.25) is 4.79 Å². The number of halogens is 4. The number of hydrogen-bond acceptors (Lipinski definition) is 3. The van der Waals surface area contributed by atoms with E-state index in [9.17, 15) is 18.0 Å². The van der Waals surface area contributed by atoms with Gasteiger partial charge in [-0.15, -0.1) is 0 Å². The summed E-state index contributed by atoms with van der Waals surface area (Å²) in [6.07, 6.45) is -4.46. The van der Waals surface area contributed by atoms with Crippen LogP contribution in [-0.2, 0) is 15.7 Å². The van der Waals surface area contributed by atoms with E-state index in [2.05, 4.69) is 21.2 Å². The summed E-state index contributed by atoms with van der Waals surface area (Å²) in [4.78, 5) is 11.4. The van der Waals surface area contributed by atoms with Crippen LogP contribution in [0, 0.1) is 0 Å². The number of rotatable bonds is 6. The topological polar surface area (TPSA) is 47.6 Å². The third-order valence-electron chi connectivity index (χ3n) is 2.25. The summed E-state index contributed by atoms with van der Waals surface area (Å²) in [6.45, 7) is 0.283. The van der Waals surface area contributed by atoms with Crippen LogP contribution in [0.3, 0.4) is 0 Å². The van der Waals surface area contributed by atoms with E-state index in [4.69, 9.17) is 9.47 Å². The molecule has 0 heterocycles. The second-order valence-electron chi connectivity index (χ2n) is 3.77. The molecule has 0 aromatic heterocycles. The van der Waals surface area contributed by atoms with Crippen molar-refractivity contribution >= 4 is 21.8 Å². The van der Waals surface area contributed by atoms with E-state index < -0.39 is 17.6 Å². The number of nitrogens with one attached hydrogen (secondary N) is 1. The summed E-state index contributed by atoms with van der Waals surface area (Å²) in [7, 11) is 1.49. The Morgan fingerprint density at radius 3 is 2.70 bits per heavy atom. The Bertz CT molecular complexity index is 466. The van der Waals surface area contributed by atoms with Crippen molar-refractivity contribution in [2.75, 3.05) is 26.9 Å². The van der Waals surface area contributed by atoms with Crippen molar-refractivity contribution in [1.82, 2.24) is 5.32 Å². The molecule has 20 heavy (non-hydrogen) atoms. The van der Waals surface area contributed by atoms with Crippen molar-refractivity contribution < 1.29 is 27.4 Å². The highest BCUT2D eigenvalue weighted by molar-refractivity contribution is 9.10. The molecule has 1 N–H and O–H groups in total. The number of carbonyl (C=O) groups is 1. The number of ether oxygens (including phenoxy) is 2. The van der Waals surface area contributed by atoms with Crippen molar-refractivity contribution in [3.63, 3.8) is 0 Å². The molecule has 0 aliphatic heterocycles. The first-order valence-electron chi connectivity index (χ1n) is 5.59. The van der Waals surface area contributed by atoms with Crippen molar-refractivity contribution in [3.05, 3.63) is 28.2 Å². The van der Waals surface area contributed by atoms with E-state index in [1.165, 1.54) is 13.2 Å². The molecule has 0 atom stereocenters. The Morgan fingerprint density at radius 1 is 1.40 bits per heavy atom. The average Bonchev–Trinajstić information content (AvgIpc) is 2.36. The minimum Gasteiger partial charge on any atom is -0.483 e. The first kappa shape index (κ1) is 16.8. The first-order chi connectivity index (χ1) is 9.34. The molecule has 0 radical (unpaired) electrons. The van der Waals surface area contributed by atoms with Crippen LogP contribution in [-0.4, -0.2) is 32.8 Å². The second-order valence-corrected chi connectivity index (χ2v) is 4.63. The van der Waals surface area contributed by atoms with Gasteiger partial charge in [0, 0.05) is 13.7 Å². The van der Waals surface area contributed by atoms with E-state index in [0.717, 1.165) is 12.1 Å². The summed E-state index contributed by atoms with van der Waals surface area (Å²) >= 11 is 3.07. The molecule has 0 saturated heterocycles. The number of carbonyl (C=O) groups excluding carboxylic acids is 1. The molecule has 0 fully saturated rings. The molecule has 4 nitrogen and oxygen atoms in total. The summed E-state index contributed by atoms with van der Waals surface area (Å²) < 4.78 is 47.8. The minimum absolute atomic E-state index is 0.0401. The monoisotopic (exact) mass is 355 g/mol. The van der Waals surface area contributed by atoms with Gasteiger partial charge in [-0.2, -0.15) is 13.2 Å². The quantitative estimate of drug-likeness (QED) is 0.798. The summed E-state index contributed by atoms with van der Waals surface area (Å²) in [6, 6.07) is 2.99. The highest BCUT2D eigenvalue weighted by atomic mass is 79.9. The van der Waals surface area contributed by atoms with Gasteiger partial charge in [-0.05, 0) is 34.1 Å². The molecule has 1 amide bonds. The van der Waals surface area contributed by atoms with Gasteiger partial charge in [-0.1, -0.05) is 0 Å². The van der Waals surface area contributed by atoms with Gasteiger partial charge < -0.3 is 14.8 Å². The van der Waals surface area contributed by atoms with Crippen molar-refractivity contribution in [1.29, 1.82) is 0 Å². The molecule has 8 heteroatoms. The van der Waals surface area contributed by atoms with Crippen LogP contribution >= 0.6 is 15.9 Å². The van der Waals surface area contributed by atoms with Gasteiger partial charge in [-0.25, -0.2) is 0 Å². The molecule has 0 unspecified atom stereocenters. The molecule has 1 rings (SSSR count). The fraction of sp³-hybridized carbons (Fsp3) is 0.417. The predicted octanol–water partition coefficient (Wildman–Crippen LogP) is 2.61. The number of alkyl halides is 3. The standard InChI is InChI=1S/C12H13BrF3NO3/c1-19-5-4-17-11(18)7-20-10-6-8(12(14,15)16)2-3-9(10)13/h2-3,6H,4-5,7H2,1H3,(H,17,18). The fourth-order valence-electron chi connectivity index (χ4n) is 1.28. The molecule has 0 bridgehead atoms. The molecular formula is C12H13BrF3NO3. The van der Waals surface area contributed by atoms with Crippen LogP contribution in [0.15, 0.2) is 22.7 Å². The molecule has 0 aliphatic carbocycles. The Kier molecular flexibility index (Phi) is 6.28. The molecular weight excluding hydrogens is 343 g/mol. The highest BCUT2D eigenvalue weighted by Gasteiger charge is 2.31. The van der Waals surface area contributed by atoms with E-state index in [0.29, 0.717) is 17.6 Å². The van der Waals surface area contributed by atoms with Gasteiger partial charge in [0.25, 0.3) is 5.91 Å². The average molecular weight is 356 g/mol. The lowest BCUT2D eigenvalue weighted by molar-refractivity contribution is -0.137. The molecule has 0 saturated carbocycles. The molecule has 0 aliphatic rings. The van der Waals surface area contributed by atoms with Gasteiger partial charge in [0.05, 0.1) is 16.6 Å². The normalized spacial score (nSPS) is 11.2. The largest absolute Gasteiger partial charge is 0.483 e. The van der Waals surface area contributed by atoms with Crippen molar-refractivity contribution in [3.8, 4) is 5.75 Å². The van der Waals surface area contributed by atoms with Gasteiger partial charge >= 0.3 is 6.18 Å². The SMILES string of the molecule is COCCNC(=O)COc1cc(C(F)(F)F)ccc1Br. The van der Waals surface area contributed by atoms with Crippen LogP contribution in [0.2, 0.25) is 0 Å². The predicted molar refractivity (Wildman–Crippen MR) is 69.5 cm³/mol. The second kappa shape index (κ2) is 7.49. The zero-order chi connectivity index (χ0) is 15.2. The smallest absolute Gasteiger partial charge is 0.416 e. The maximum atomic E-state index is 12.5. The van der Waals surface area contributed by atoms with Crippen molar-refractivity contribution in [2.24, 2.45) is 0 Å². The number of methoxy groups -OCH3 is 1. The lowest BCUT2D eigenvalue weighted by Crippen LogP contribution is -2.31. The fourth-order valence-corrected chi connectivity index (χ4v) is 1.64. The zero-order valence-corrected chi connectivity index (χ0v) is 12.2. The zero-order valence-electron chi connectivity index (χ0n) is 10.6. The van der Waals surface area contributed by atoms with E-state index >= 15 is 0 Å². The van der Waals surface area contributed by atoms with Crippen LogP contribution in [0.4, 0.5) is 13.2 Å². The number of hydrogen-bond donors (Lipinski definition) is 1. The Labute approximate surface area is 122 Å². The molecule has 112 valence electrons. The molecule has 1 aromatic carbocycles. The van der Waals surface area contributed by atoms with Gasteiger partial charge in [0.15, 0.2) is 6.61 Å². The summed E-state index contributed by atoms with van der Waals surface area (Å²) in [5.41, 5.74) is -0.838. The van der Waals surface area contributed by atoms with E-state index in [-0.39, 0.29) is 12.4 Å². The third kappa shape index (κ3) is 5.38. The number of benzene rings is 1. The highest BCUT2D eigenvalue weighted by Crippen LogP contribution is 2.34. The lowest BCUT2D eigenvalue weighted by atomic mass is 10.2. The van der Waals surface area contributed by atoms with Crippen molar-refractivity contribution in [2.45, 2.75) is 6.18 Å². The van der Waals surface area contributed by atoms with E-state index in [1.54, 1.807) is 0 Å². The minimum atomic E-state index is -4.46. The summed E-state index contributed by atoms with van der Waals surface area (Å²) in [5.74, 6) is -0.479. The van der Waals surface area contributed by atoms with Gasteiger partial charge in [0.2, 0.25) is 0 Å². The molecule has 1 aromatic rings. The van der Waals surface area contributed by atoms with Gasteiger partial charge in [0.1, 0.15) is 5.75 Å². The summed E-state index contributed by atoms with van der Waals surface area (Å²) in [5, 5.41) is 2.49.